The highest BCUT2D eigenvalue weighted by atomic mass is 16.3. The minimum atomic E-state index is -1.06. The highest BCUT2D eigenvalue weighted by Gasteiger charge is 2.69. The number of benzene rings is 3. The van der Waals surface area contributed by atoms with Crippen LogP contribution < -0.4 is 0 Å². The van der Waals surface area contributed by atoms with Gasteiger partial charge in [0.25, 0.3) is 0 Å². The van der Waals surface area contributed by atoms with Crippen molar-refractivity contribution in [3.05, 3.63) is 71.3 Å². The van der Waals surface area contributed by atoms with Gasteiger partial charge in [0.15, 0.2) is 34.5 Å². The fraction of sp³-hybridized carbons (Fsp3) is 0.357. The minimum absolute atomic E-state index is 0.0269. The van der Waals surface area contributed by atoms with Crippen LogP contribution in [0.15, 0.2) is 54.6 Å². The van der Waals surface area contributed by atoms with Gasteiger partial charge in [0, 0.05) is 27.5 Å². The Kier molecular flexibility index (Phi) is 4.32. The number of aromatic hydroxyl groups is 6. The molecule has 0 heterocycles. The quantitative estimate of drug-likeness (QED) is 0.307. The van der Waals surface area contributed by atoms with Crippen molar-refractivity contribution in [2.45, 2.75) is 42.9 Å². The maximum Gasteiger partial charge on any atom is 0.161 e. The van der Waals surface area contributed by atoms with Crippen molar-refractivity contribution in [1.29, 1.82) is 0 Å². The Balaban J connectivity index is 1.79. The second kappa shape index (κ2) is 6.98. The van der Waals surface area contributed by atoms with Crippen molar-refractivity contribution in [3.63, 3.8) is 0 Å². The second-order valence-electron chi connectivity index (χ2n) is 10.5. The lowest BCUT2D eigenvalue weighted by Crippen LogP contribution is -2.65. The molecule has 6 heteroatoms. The summed E-state index contributed by atoms with van der Waals surface area (Å²) >= 11 is 0. The van der Waals surface area contributed by atoms with Crippen LogP contribution in [0.25, 0.3) is 0 Å². The Morgan fingerprint density at radius 2 is 0.941 bits per heavy atom. The first-order valence-electron chi connectivity index (χ1n) is 11.8. The molecule has 7 rings (SSSR count). The van der Waals surface area contributed by atoms with E-state index in [9.17, 15) is 30.6 Å². The molecule has 0 amide bonds. The van der Waals surface area contributed by atoms with E-state index in [1.165, 1.54) is 18.2 Å². The summed E-state index contributed by atoms with van der Waals surface area (Å²) in [5.41, 5.74) is -0.365. The fourth-order valence-electron chi connectivity index (χ4n) is 8.18. The molecule has 4 bridgehead atoms. The third-order valence-electron chi connectivity index (χ3n) is 8.95. The van der Waals surface area contributed by atoms with Crippen molar-refractivity contribution in [1.82, 2.24) is 0 Å². The Bertz CT molecular complexity index is 1230. The second-order valence-corrected chi connectivity index (χ2v) is 10.5. The van der Waals surface area contributed by atoms with Crippen LogP contribution in [0.1, 0.15) is 48.8 Å². The fourth-order valence-corrected chi connectivity index (χ4v) is 8.18. The van der Waals surface area contributed by atoms with Crippen LogP contribution in [-0.2, 0) is 10.8 Å². The van der Waals surface area contributed by atoms with Crippen molar-refractivity contribution in [3.8, 4) is 34.5 Å². The number of rotatable bonds is 3. The standard InChI is InChI=1S/C28H28O6/c29-21-7-1-4-18(24(21)32)27-13-15-10-16(14-27)12-17(11-15)28(27,19-5-2-8-22(30)25(19)33)20-6-3-9-23(31)26(20)34/h1-9,15-17,29-34H,10-14H2. The molecule has 0 aromatic heterocycles. The molecule has 4 saturated carbocycles. The van der Waals surface area contributed by atoms with E-state index in [2.05, 4.69) is 0 Å². The van der Waals surface area contributed by atoms with E-state index in [0.29, 0.717) is 41.4 Å². The van der Waals surface area contributed by atoms with E-state index >= 15 is 0 Å². The molecule has 2 unspecified atom stereocenters. The summed E-state index contributed by atoms with van der Waals surface area (Å²) in [4.78, 5) is 0. The molecular formula is C28H28O6. The summed E-state index contributed by atoms with van der Waals surface area (Å²) in [5.74, 6) is -0.719. The van der Waals surface area contributed by atoms with Crippen LogP contribution in [0.4, 0.5) is 0 Å². The van der Waals surface area contributed by atoms with Gasteiger partial charge in [-0.3, -0.25) is 0 Å². The van der Waals surface area contributed by atoms with Crippen molar-refractivity contribution < 1.29 is 30.6 Å². The molecule has 0 radical (unpaired) electrons. The molecule has 2 atom stereocenters. The lowest BCUT2D eigenvalue weighted by molar-refractivity contribution is -0.0696. The lowest BCUT2D eigenvalue weighted by Gasteiger charge is -2.68. The van der Waals surface area contributed by atoms with Crippen LogP contribution in [-0.4, -0.2) is 30.6 Å². The number of para-hydroxylation sites is 3. The summed E-state index contributed by atoms with van der Waals surface area (Å²) in [6, 6.07) is 14.7. The zero-order valence-corrected chi connectivity index (χ0v) is 18.6. The van der Waals surface area contributed by atoms with E-state index in [1.54, 1.807) is 30.3 Å². The van der Waals surface area contributed by atoms with E-state index in [1.807, 2.05) is 6.07 Å². The third-order valence-corrected chi connectivity index (χ3v) is 8.95. The molecule has 3 aromatic rings. The van der Waals surface area contributed by atoms with Gasteiger partial charge in [-0.05, 0) is 68.1 Å². The first kappa shape index (κ1) is 21.0. The molecule has 34 heavy (non-hydrogen) atoms. The molecule has 4 aliphatic carbocycles. The van der Waals surface area contributed by atoms with Crippen molar-refractivity contribution in [2.75, 3.05) is 0 Å². The van der Waals surface area contributed by atoms with Crippen LogP contribution in [0.2, 0.25) is 0 Å². The summed E-state index contributed by atoms with van der Waals surface area (Å²) < 4.78 is 0. The summed E-state index contributed by atoms with van der Waals surface area (Å²) in [5, 5.41) is 65.2. The molecular weight excluding hydrogens is 432 g/mol. The number of hydrogen-bond acceptors (Lipinski definition) is 6. The zero-order chi connectivity index (χ0) is 23.8. The highest BCUT2D eigenvalue weighted by Crippen LogP contribution is 2.74. The molecule has 3 aromatic carbocycles. The zero-order valence-electron chi connectivity index (χ0n) is 18.6. The lowest BCUT2D eigenvalue weighted by atomic mass is 9.34. The molecule has 6 nitrogen and oxygen atoms in total. The van der Waals surface area contributed by atoms with E-state index < -0.39 is 10.8 Å². The summed E-state index contributed by atoms with van der Waals surface area (Å²) in [6.45, 7) is 0. The van der Waals surface area contributed by atoms with Gasteiger partial charge in [0.2, 0.25) is 0 Å². The predicted molar refractivity (Wildman–Crippen MR) is 125 cm³/mol. The van der Waals surface area contributed by atoms with Gasteiger partial charge >= 0.3 is 0 Å². The summed E-state index contributed by atoms with van der Waals surface area (Å²) in [6.07, 6.45) is 4.18. The van der Waals surface area contributed by atoms with E-state index in [-0.39, 0.29) is 40.4 Å². The van der Waals surface area contributed by atoms with E-state index in [4.69, 9.17) is 0 Å². The van der Waals surface area contributed by atoms with Crippen LogP contribution >= 0.6 is 0 Å². The van der Waals surface area contributed by atoms with Gasteiger partial charge in [0.1, 0.15) is 0 Å². The van der Waals surface area contributed by atoms with Crippen molar-refractivity contribution in [2.24, 2.45) is 17.8 Å². The molecule has 4 fully saturated rings. The molecule has 4 aliphatic rings. The molecule has 0 aliphatic heterocycles. The molecule has 176 valence electrons. The highest BCUT2D eigenvalue weighted by molar-refractivity contribution is 5.65. The van der Waals surface area contributed by atoms with E-state index in [0.717, 1.165) is 19.3 Å². The topological polar surface area (TPSA) is 121 Å². The SMILES string of the molecule is Oc1cccc(C23CC4CC(CC(C4)C2(c2cccc(O)c2O)c2cccc(O)c2O)C3)c1O. The maximum atomic E-state index is 11.2. The Morgan fingerprint density at radius 3 is 1.41 bits per heavy atom. The molecule has 0 spiro atoms. The Labute approximate surface area is 197 Å². The van der Waals surface area contributed by atoms with Gasteiger partial charge in [-0.2, -0.15) is 0 Å². The molecule has 6 N–H and O–H groups in total. The van der Waals surface area contributed by atoms with Crippen LogP contribution in [0, 0.1) is 17.8 Å². The number of phenolic OH excluding ortho intramolecular Hbond substituents is 6. The maximum absolute atomic E-state index is 11.2. The minimum Gasteiger partial charge on any atom is -0.504 e. The van der Waals surface area contributed by atoms with Gasteiger partial charge in [0.05, 0.1) is 0 Å². The normalized spacial score (nSPS) is 28.8. The third kappa shape index (κ3) is 2.46. The van der Waals surface area contributed by atoms with Gasteiger partial charge < -0.3 is 30.6 Å². The smallest absolute Gasteiger partial charge is 0.161 e. The number of hydrogen-bond donors (Lipinski definition) is 6. The van der Waals surface area contributed by atoms with Gasteiger partial charge in [-0.15, -0.1) is 0 Å². The predicted octanol–water partition coefficient (Wildman–Crippen LogP) is 4.98. The first-order valence-corrected chi connectivity index (χ1v) is 11.8. The molecule has 0 saturated heterocycles. The van der Waals surface area contributed by atoms with Gasteiger partial charge in [-0.25, -0.2) is 0 Å². The largest absolute Gasteiger partial charge is 0.504 e. The number of phenols is 6. The Hall–Kier alpha value is -3.54. The average Bonchev–Trinajstić information content (AvgIpc) is 2.80. The monoisotopic (exact) mass is 460 g/mol. The Morgan fingerprint density at radius 1 is 0.529 bits per heavy atom. The summed E-state index contributed by atoms with van der Waals surface area (Å²) in [7, 11) is 0. The average molecular weight is 461 g/mol. The van der Waals surface area contributed by atoms with Gasteiger partial charge in [-0.1, -0.05) is 36.4 Å². The first-order chi connectivity index (χ1) is 16.3. The van der Waals surface area contributed by atoms with Crippen molar-refractivity contribution >= 4 is 0 Å². The van der Waals surface area contributed by atoms with Crippen LogP contribution in [0.5, 0.6) is 34.5 Å². The van der Waals surface area contributed by atoms with Crippen LogP contribution in [0.3, 0.4) is 0 Å².